The summed E-state index contributed by atoms with van der Waals surface area (Å²) in [4.78, 5) is 11.9. The summed E-state index contributed by atoms with van der Waals surface area (Å²) in [5, 5.41) is 0. The summed E-state index contributed by atoms with van der Waals surface area (Å²) in [5.74, 6) is -0.442. The highest BCUT2D eigenvalue weighted by Crippen LogP contribution is 2.42. The van der Waals surface area contributed by atoms with Crippen molar-refractivity contribution in [3.63, 3.8) is 0 Å². The molecule has 0 amide bonds. The number of nitrogens with zero attached hydrogens (tertiary/aromatic N) is 1. The molecule has 2 saturated heterocycles. The highest BCUT2D eigenvalue weighted by molar-refractivity contribution is 7.89. The molecule has 0 spiro atoms. The first-order chi connectivity index (χ1) is 9.34. The van der Waals surface area contributed by atoms with E-state index in [1.807, 2.05) is 6.92 Å². The van der Waals surface area contributed by atoms with Crippen molar-refractivity contribution in [2.75, 3.05) is 6.54 Å². The van der Waals surface area contributed by atoms with Gasteiger partial charge in [-0.25, -0.2) is 8.42 Å². The van der Waals surface area contributed by atoms with E-state index < -0.39 is 27.6 Å². The van der Waals surface area contributed by atoms with Crippen LogP contribution in [0.1, 0.15) is 25.3 Å². The molecule has 0 aromatic heterocycles. The predicted octanol–water partition coefficient (Wildman–Crippen LogP) is 1.46. The van der Waals surface area contributed by atoms with E-state index in [0.717, 1.165) is 5.56 Å². The summed E-state index contributed by atoms with van der Waals surface area (Å²) >= 11 is 0. The van der Waals surface area contributed by atoms with Gasteiger partial charge in [0.05, 0.1) is 4.90 Å². The normalized spacial score (nSPS) is 30.3. The average molecular weight is 295 g/mol. The summed E-state index contributed by atoms with van der Waals surface area (Å²) in [6, 6.07) is 6.01. The summed E-state index contributed by atoms with van der Waals surface area (Å²) in [6.07, 6.45) is 1.41. The van der Waals surface area contributed by atoms with Crippen molar-refractivity contribution < 1.29 is 17.9 Å². The zero-order chi connectivity index (χ0) is 14.5. The van der Waals surface area contributed by atoms with E-state index in [2.05, 4.69) is 0 Å². The van der Waals surface area contributed by atoms with E-state index in [1.165, 1.54) is 4.31 Å². The Labute approximate surface area is 118 Å². The number of sulfonamides is 1. The van der Waals surface area contributed by atoms with Gasteiger partial charge in [0.25, 0.3) is 0 Å². The van der Waals surface area contributed by atoms with E-state index in [-0.39, 0.29) is 4.90 Å². The molecule has 6 heteroatoms. The van der Waals surface area contributed by atoms with Crippen LogP contribution in [0.2, 0.25) is 0 Å². The largest absolute Gasteiger partial charge is 0.456 e. The molecule has 1 aromatic rings. The number of hydrogen-bond donors (Lipinski definition) is 0. The molecule has 2 heterocycles. The lowest BCUT2D eigenvalue weighted by Crippen LogP contribution is -2.70. The van der Waals surface area contributed by atoms with Crippen LogP contribution in [-0.4, -0.2) is 36.9 Å². The lowest BCUT2D eigenvalue weighted by atomic mass is 9.83. The number of carbonyl (C=O) groups excluding carboxylic acids is 1. The first-order valence-corrected chi connectivity index (χ1v) is 8.10. The highest BCUT2D eigenvalue weighted by atomic mass is 32.2. The molecule has 0 N–H and O–H groups in total. The maximum absolute atomic E-state index is 12.7. The molecule has 0 unspecified atom stereocenters. The van der Waals surface area contributed by atoms with Gasteiger partial charge in [-0.2, -0.15) is 4.31 Å². The number of ether oxygens (including phenoxy) is 1. The lowest BCUT2D eigenvalue weighted by Gasteiger charge is -2.52. The van der Waals surface area contributed by atoms with Crippen LogP contribution < -0.4 is 0 Å². The summed E-state index contributed by atoms with van der Waals surface area (Å²) in [6.45, 7) is 4.07. The van der Waals surface area contributed by atoms with Gasteiger partial charge in [-0.05, 0) is 38.8 Å². The van der Waals surface area contributed by atoms with E-state index in [0.29, 0.717) is 19.4 Å². The predicted molar refractivity (Wildman–Crippen MR) is 72.6 cm³/mol. The van der Waals surface area contributed by atoms with Gasteiger partial charge in [0.1, 0.15) is 5.60 Å². The molecule has 0 aliphatic carbocycles. The second-order valence-electron chi connectivity index (χ2n) is 5.67. The summed E-state index contributed by atoms with van der Waals surface area (Å²) in [7, 11) is -3.65. The van der Waals surface area contributed by atoms with Gasteiger partial charge in [-0.15, -0.1) is 0 Å². The second-order valence-corrected chi connectivity index (χ2v) is 7.56. The zero-order valence-electron chi connectivity index (χ0n) is 11.5. The van der Waals surface area contributed by atoms with Crippen LogP contribution in [0.4, 0.5) is 0 Å². The molecule has 2 fully saturated rings. The lowest BCUT2D eigenvalue weighted by molar-refractivity contribution is -0.213. The van der Waals surface area contributed by atoms with Crippen molar-refractivity contribution in [1.82, 2.24) is 4.31 Å². The number of hydrogen-bond acceptors (Lipinski definition) is 4. The Hall–Kier alpha value is -1.40. The zero-order valence-corrected chi connectivity index (χ0v) is 12.3. The van der Waals surface area contributed by atoms with Crippen molar-refractivity contribution in [1.29, 1.82) is 0 Å². The van der Waals surface area contributed by atoms with E-state index in [4.69, 9.17) is 4.74 Å². The third kappa shape index (κ3) is 1.86. The Morgan fingerprint density at radius 1 is 1.30 bits per heavy atom. The topological polar surface area (TPSA) is 63.7 Å². The smallest absolute Gasteiger partial charge is 0.329 e. The number of esters is 1. The van der Waals surface area contributed by atoms with Crippen LogP contribution in [0.5, 0.6) is 0 Å². The molecule has 1 aromatic carbocycles. The number of aryl methyl sites for hydroxylation is 1. The second kappa shape index (κ2) is 4.30. The Kier molecular flexibility index (Phi) is 2.92. The van der Waals surface area contributed by atoms with Gasteiger partial charge in [0.15, 0.2) is 6.04 Å². The van der Waals surface area contributed by atoms with Gasteiger partial charge in [0.2, 0.25) is 10.0 Å². The Bertz CT molecular complexity index is 652. The number of fused-ring (bicyclic) bond motifs is 1. The minimum Gasteiger partial charge on any atom is -0.456 e. The van der Waals surface area contributed by atoms with Crippen LogP contribution in [0.15, 0.2) is 29.2 Å². The van der Waals surface area contributed by atoms with Crippen LogP contribution in [0, 0.1) is 6.92 Å². The van der Waals surface area contributed by atoms with E-state index in [9.17, 15) is 13.2 Å². The standard InChI is InChI=1S/C14H17NO4S/c1-10-4-6-11(7-5-10)20(17,18)15-9-3-8-14(2)12(15)13(16)19-14/h4-7,12H,3,8-9H2,1-2H3/t12-,14-/m1/s1. The van der Waals surface area contributed by atoms with Gasteiger partial charge in [-0.1, -0.05) is 17.7 Å². The third-order valence-corrected chi connectivity index (χ3v) is 5.98. The Morgan fingerprint density at radius 2 is 1.95 bits per heavy atom. The number of rotatable bonds is 2. The number of carbonyl (C=O) groups is 1. The fraction of sp³-hybridized carbons (Fsp3) is 0.500. The molecule has 20 heavy (non-hydrogen) atoms. The van der Waals surface area contributed by atoms with Crippen molar-refractivity contribution in [2.45, 2.75) is 43.2 Å². The van der Waals surface area contributed by atoms with Crippen molar-refractivity contribution in [3.8, 4) is 0 Å². The van der Waals surface area contributed by atoms with Crippen LogP contribution >= 0.6 is 0 Å². The monoisotopic (exact) mass is 295 g/mol. The molecule has 0 bridgehead atoms. The Balaban J connectivity index is 1.98. The van der Waals surface area contributed by atoms with Crippen LogP contribution in [0.25, 0.3) is 0 Å². The van der Waals surface area contributed by atoms with Gasteiger partial charge in [0, 0.05) is 6.54 Å². The van der Waals surface area contributed by atoms with Crippen molar-refractivity contribution in [3.05, 3.63) is 29.8 Å². The molecule has 5 nitrogen and oxygen atoms in total. The minimum atomic E-state index is -3.65. The molecule has 3 rings (SSSR count). The van der Waals surface area contributed by atoms with Crippen molar-refractivity contribution >= 4 is 16.0 Å². The fourth-order valence-electron chi connectivity index (χ4n) is 2.96. The SMILES string of the molecule is Cc1ccc(S(=O)(=O)N2CCC[C@@]3(C)OC(=O)[C@@H]23)cc1. The van der Waals surface area contributed by atoms with E-state index in [1.54, 1.807) is 31.2 Å². The molecule has 0 radical (unpaired) electrons. The molecule has 2 aliphatic rings. The maximum Gasteiger partial charge on any atom is 0.329 e. The van der Waals surface area contributed by atoms with Crippen LogP contribution in [-0.2, 0) is 19.6 Å². The first kappa shape index (κ1) is 13.6. The average Bonchev–Trinajstić information content (AvgIpc) is 2.37. The molecular formula is C14H17NO4S. The van der Waals surface area contributed by atoms with Crippen molar-refractivity contribution in [2.24, 2.45) is 0 Å². The molecule has 2 atom stereocenters. The molecule has 2 aliphatic heterocycles. The highest BCUT2D eigenvalue weighted by Gasteiger charge is 2.60. The van der Waals surface area contributed by atoms with E-state index >= 15 is 0 Å². The molecule has 0 saturated carbocycles. The summed E-state index contributed by atoms with van der Waals surface area (Å²) < 4.78 is 31.9. The summed E-state index contributed by atoms with van der Waals surface area (Å²) in [5.41, 5.74) is 0.336. The molecule has 108 valence electrons. The van der Waals surface area contributed by atoms with Gasteiger partial charge < -0.3 is 4.74 Å². The van der Waals surface area contributed by atoms with Crippen LogP contribution in [0.3, 0.4) is 0 Å². The third-order valence-electron chi connectivity index (χ3n) is 4.10. The Morgan fingerprint density at radius 3 is 2.55 bits per heavy atom. The molecular weight excluding hydrogens is 278 g/mol. The van der Waals surface area contributed by atoms with Gasteiger partial charge in [-0.3, -0.25) is 4.79 Å². The minimum absolute atomic E-state index is 0.229. The number of piperidine rings is 1. The first-order valence-electron chi connectivity index (χ1n) is 6.66. The quantitative estimate of drug-likeness (QED) is 0.775. The fourth-order valence-corrected chi connectivity index (χ4v) is 4.67. The van der Waals surface area contributed by atoms with Gasteiger partial charge >= 0.3 is 5.97 Å². The maximum atomic E-state index is 12.7. The number of benzene rings is 1.